The summed E-state index contributed by atoms with van der Waals surface area (Å²) in [5, 5.41) is 0.645. The molecule has 0 radical (unpaired) electrons. The van der Waals surface area contributed by atoms with Crippen LogP contribution in [0.25, 0.3) is 11.2 Å². The van der Waals surface area contributed by atoms with Gasteiger partial charge in [0.1, 0.15) is 5.52 Å². The number of fused-ring (bicyclic) bond motifs is 1. The van der Waals surface area contributed by atoms with Crippen molar-refractivity contribution in [2.24, 2.45) is 0 Å². The van der Waals surface area contributed by atoms with E-state index >= 15 is 0 Å². The predicted octanol–water partition coefficient (Wildman–Crippen LogP) is 0.657. The van der Waals surface area contributed by atoms with E-state index in [1.54, 1.807) is 6.33 Å². The molecule has 0 aromatic carbocycles. The van der Waals surface area contributed by atoms with E-state index < -0.39 is 0 Å². The summed E-state index contributed by atoms with van der Waals surface area (Å²) >= 11 is 1.45. The molecule has 0 atom stereocenters. The molecule has 0 aliphatic heterocycles. The zero-order chi connectivity index (χ0) is 8.55. The summed E-state index contributed by atoms with van der Waals surface area (Å²) in [7, 11) is 0. The first-order valence-corrected chi connectivity index (χ1v) is 4.54. The Bertz CT molecular complexity index is 409. The van der Waals surface area contributed by atoms with Gasteiger partial charge in [0.25, 0.3) is 0 Å². The number of anilines is 1. The van der Waals surface area contributed by atoms with Crippen LogP contribution in [0.3, 0.4) is 0 Å². The van der Waals surface area contributed by atoms with E-state index in [0.29, 0.717) is 22.1 Å². The lowest BCUT2D eigenvalue weighted by molar-refractivity contribution is 1.01. The Morgan fingerprint density at radius 2 is 2.33 bits per heavy atom. The number of aromatic nitrogens is 4. The molecule has 2 aromatic heterocycles. The second-order valence-corrected chi connectivity index (χ2v) is 2.97. The van der Waals surface area contributed by atoms with E-state index in [1.165, 1.54) is 11.8 Å². The van der Waals surface area contributed by atoms with Crippen LogP contribution >= 0.6 is 11.8 Å². The maximum atomic E-state index is 5.64. The highest BCUT2D eigenvalue weighted by Crippen LogP contribution is 2.17. The third-order valence-corrected chi connectivity index (χ3v) is 2.02. The van der Waals surface area contributed by atoms with Gasteiger partial charge in [-0.1, -0.05) is 11.8 Å². The van der Waals surface area contributed by atoms with E-state index in [0.717, 1.165) is 0 Å². The molecule has 2 heterocycles. The third kappa shape index (κ3) is 1.00. The molecule has 2 rings (SSSR count). The van der Waals surface area contributed by atoms with Gasteiger partial charge in [-0.2, -0.15) is 0 Å². The van der Waals surface area contributed by atoms with Crippen LogP contribution in [0.5, 0.6) is 0 Å². The minimum absolute atomic E-state index is 0.446. The summed E-state index contributed by atoms with van der Waals surface area (Å²) in [6.07, 6.45) is 3.45. The van der Waals surface area contributed by atoms with E-state index in [1.807, 2.05) is 6.26 Å². The molecule has 2 aromatic rings. The van der Waals surface area contributed by atoms with Gasteiger partial charge in [0.2, 0.25) is 0 Å². The summed E-state index contributed by atoms with van der Waals surface area (Å²) < 4.78 is 0. The molecular weight excluding hydrogens is 175 g/mol. The van der Waals surface area contributed by atoms with Crippen molar-refractivity contribution in [2.75, 3.05) is 12.0 Å². The van der Waals surface area contributed by atoms with Crippen molar-refractivity contribution in [1.82, 2.24) is 19.9 Å². The van der Waals surface area contributed by atoms with E-state index in [9.17, 15) is 0 Å². The van der Waals surface area contributed by atoms with Gasteiger partial charge in [-0.3, -0.25) is 0 Å². The lowest BCUT2D eigenvalue weighted by Crippen LogP contribution is -1.95. The number of rotatable bonds is 1. The Kier molecular flexibility index (Phi) is 1.61. The fraction of sp³-hybridized carbons (Fsp3) is 0.167. The molecule has 0 saturated heterocycles. The van der Waals surface area contributed by atoms with E-state index in [2.05, 4.69) is 19.9 Å². The van der Waals surface area contributed by atoms with E-state index in [4.69, 9.17) is 5.73 Å². The number of aromatic amines is 1. The standard InChI is InChI=1S/C6H7N5S/c1-12-6-10-4(7)3-5(11-6)9-2-8-3/h2H,1H3,(H3,7,8,9,10,11)/i1+1. The number of nitrogens with two attached hydrogens (primary N) is 1. The molecule has 0 amide bonds. The van der Waals surface area contributed by atoms with Gasteiger partial charge in [-0.25, -0.2) is 15.0 Å². The van der Waals surface area contributed by atoms with Crippen LogP contribution in [-0.2, 0) is 0 Å². The first kappa shape index (κ1) is 7.35. The van der Waals surface area contributed by atoms with Crippen LogP contribution in [0.15, 0.2) is 11.5 Å². The molecule has 0 spiro atoms. The number of nitrogens with zero attached hydrogens (tertiary/aromatic N) is 3. The summed E-state index contributed by atoms with van der Waals surface area (Å²) in [5.41, 5.74) is 6.96. The summed E-state index contributed by atoms with van der Waals surface area (Å²) in [5.74, 6) is 0.446. The molecule has 6 heteroatoms. The molecule has 62 valence electrons. The molecule has 0 saturated carbocycles. The highest BCUT2D eigenvalue weighted by Gasteiger charge is 2.05. The van der Waals surface area contributed by atoms with Crippen LogP contribution in [0, 0.1) is 0 Å². The van der Waals surface area contributed by atoms with Gasteiger partial charge >= 0.3 is 0 Å². The zero-order valence-corrected chi connectivity index (χ0v) is 7.22. The van der Waals surface area contributed by atoms with Crippen LogP contribution in [0.4, 0.5) is 5.82 Å². The average Bonchev–Trinajstić information content (AvgIpc) is 2.52. The Labute approximate surface area is 72.8 Å². The highest BCUT2D eigenvalue weighted by molar-refractivity contribution is 7.98. The van der Waals surface area contributed by atoms with E-state index in [-0.39, 0.29) is 0 Å². The quantitative estimate of drug-likeness (QED) is 0.384. The minimum Gasteiger partial charge on any atom is -0.382 e. The van der Waals surface area contributed by atoms with Crippen LogP contribution in [0.1, 0.15) is 0 Å². The Balaban J connectivity index is 2.75. The van der Waals surface area contributed by atoms with Crippen molar-refractivity contribution < 1.29 is 0 Å². The van der Waals surface area contributed by atoms with Crippen molar-refractivity contribution in [3.8, 4) is 0 Å². The number of H-pyrrole nitrogens is 1. The molecule has 0 fully saturated rings. The fourth-order valence-corrected chi connectivity index (χ4v) is 1.29. The summed E-state index contributed by atoms with van der Waals surface area (Å²) in [6, 6.07) is 0. The second kappa shape index (κ2) is 2.63. The maximum Gasteiger partial charge on any atom is 0.191 e. The number of thioether (sulfide) groups is 1. The van der Waals surface area contributed by atoms with Gasteiger partial charge in [-0.05, 0) is 6.26 Å². The topological polar surface area (TPSA) is 80.5 Å². The molecular formula is C6H7N5S. The van der Waals surface area contributed by atoms with Crippen molar-refractivity contribution >= 4 is 28.7 Å². The monoisotopic (exact) mass is 182 g/mol. The molecule has 3 N–H and O–H groups in total. The smallest absolute Gasteiger partial charge is 0.191 e. The third-order valence-electron chi connectivity index (χ3n) is 1.48. The van der Waals surface area contributed by atoms with Crippen LogP contribution < -0.4 is 5.73 Å². The SMILES string of the molecule is [13CH3]Sc1nc(N)c2[nH]cnc2n1. The minimum atomic E-state index is 0.446. The van der Waals surface area contributed by atoms with Gasteiger partial charge in [0.05, 0.1) is 6.33 Å². The van der Waals surface area contributed by atoms with Crippen LogP contribution in [0.2, 0.25) is 0 Å². The number of nitrogens with one attached hydrogen (secondary N) is 1. The Morgan fingerprint density at radius 3 is 3.08 bits per heavy atom. The molecule has 0 aliphatic carbocycles. The van der Waals surface area contributed by atoms with Crippen molar-refractivity contribution in [2.45, 2.75) is 5.16 Å². The molecule has 12 heavy (non-hydrogen) atoms. The Hall–Kier alpha value is -1.30. The van der Waals surface area contributed by atoms with Crippen molar-refractivity contribution in [1.29, 1.82) is 0 Å². The van der Waals surface area contributed by atoms with Gasteiger partial charge in [0.15, 0.2) is 16.6 Å². The van der Waals surface area contributed by atoms with Gasteiger partial charge < -0.3 is 10.7 Å². The number of hydrogen-bond acceptors (Lipinski definition) is 5. The molecule has 0 bridgehead atoms. The lowest BCUT2D eigenvalue weighted by Gasteiger charge is -1.96. The second-order valence-electron chi connectivity index (χ2n) is 2.20. The number of nitrogen functional groups attached to an aromatic ring is 1. The maximum absolute atomic E-state index is 5.64. The summed E-state index contributed by atoms with van der Waals surface area (Å²) in [6.45, 7) is 0. The highest BCUT2D eigenvalue weighted by atomic mass is 32.2. The predicted molar refractivity (Wildman–Crippen MR) is 47.9 cm³/mol. The van der Waals surface area contributed by atoms with Gasteiger partial charge in [0, 0.05) is 0 Å². The van der Waals surface area contributed by atoms with Gasteiger partial charge in [-0.15, -0.1) is 0 Å². The fourth-order valence-electron chi connectivity index (χ4n) is 0.926. The normalized spacial score (nSPS) is 10.8. The zero-order valence-electron chi connectivity index (χ0n) is 6.40. The molecule has 5 nitrogen and oxygen atoms in total. The van der Waals surface area contributed by atoms with Crippen molar-refractivity contribution in [3.05, 3.63) is 6.33 Å². The number of imidazole rings is 1. The van der Waals surface area contributed by atoms with Crippen molar-refractivity contribution in [3.63, 3.8) is 0 Å². The number of hydrogen-bond donors (Lipinski definition) is 2. The molecule has 0 unspecified atom stereocenters. The first-order valence-electron chi connectivity index (χ1n) is 3.32. The first-order chi connectivity index (χ1) is 5.81. The van der Waals surface area contributed by atoms with Crippen LogP contribution in [-0.4, -0.2) is 26.2 Å². The molecule has 0 aliphatic rings. The largest absolute Gasteiger partial charge is 0.382 e. The summed E-state index contributed by atoms with van der Waals surface area (Å²) in [4.78, 5) is 15.1. The Morgan fingerprint density at radius 1 is 1.50 bits per heavy atom. The average molecular weight is 182 g/mol. The lowest BCUT2D eigenvalue weighted by atomic mass is 10.5.